The number of rotatable bonds is 6. The van der Waals surface area contributed by atoms with Crippen LogP contribution in [0.4, 0.5) is 5.69 Å². The van der Waals surface area contributed by atoms with Crippen molar-refractivity contribution in [1.29, 1.82) is 0 Å². The molecule has 0 aliphatic carbocycles. The first-order valence-electron chi connectivity index (χ1n) is 6.72. The lowest BCUT2D eigenvalue weighted by molar-refractivity contribution is 0.0496. The highest BCUT2D eigenvalue weighted by Crippen LogP contribution is 2.13. The number of aryl methyl sites for hydroxylation is 1. The van der Waals surface area contributed by atoms with Crippen LogP contribution >= 0.6 is 0 Å². The average molecular weight is 273 g/mol. The predicted octanol–water partition coefficient (Wildman–Crippen LogP) is 2.27. The van der Waals surface area contributed by atoms with Gasteiger partial charge in [0.05, 0.1) is 12.3 Å². The van der Waals surface area contributed by atoms with Crippen molar-refractivity contribution in [3.63, 3.8) is 0 Å². The largest absolute Gasteiger partial charge is 0.461 e. The van der Waals surface area contributed by atoms with Crippen molar-refractivity contribution >= 4 is 11.7 Å². The molecule has 2 aromatic heterocycles. The van der Waals surface area contributed by atoms with Gasteiger partial charge in [-0.1, -0.05) is 13.0 Å². The standard InChI is InChI=1S/C15H19N3O2/c1-2-7-18-11-13(16)9-14(18)15(19)20-8-5-12-4-3-6-17-10-12/h3-4,6,9-11H,2,5,7-8,16H2,1H3. The summed E-state index contributed by atoms with van der Waals surface area (Å²) in [6.07, 6.45) is 6.84. The molecule has 0 saturated heterocycles. The molecule has 0 atom stereocenters. The molecule has 0 radical (unpaired) electrons. The number of hydrogen-bond donors (Lipinski definition) is 1. The number of carbonyl (C=O) groups is 1. The van der Waals surface area contributed by atoms with E-state index in [0.717, 1.165) is 18.5 Å². The average Bonchev–Trinajstić information content (AvgIpc) is 2.81. The summed E-state index contributed by atoms with van der Waals surface area (Å²) in [6.45, 7) is 3.14. The van der Waals surface area contributed by atoms with E-state index in [2.05, 4.69) is 4.98 Å². The van der Waals surface area contributed by atoms with E-state index in [1.807, 2.05) is 23.6 Å². The molecule has 0 saturated carbocycles. The molecule has 0 aliphatic heterocycles. The fourth-order valence-corrected chi connectivity index (χ4v) is 2.01. The molecule has 2 heterocycles. The molecule has 0 aliphatic rings. The first kappa shape index (κ1) is 14.1. The molecular weight excluding hydrogens is 254 g/mol. The summed E-state index contributed by atoms with van der Waals surface area (Å²) in [4.78, 5) is 16.1. The molecule has 0 spiro atoms. The molecule has 2 rings (SSSR count). The van der Waals surface area contributed by atoms with Crippen LogP contribution in [0.25, 0.3) is 0 Å². The maximum absolute atomic E-state index is 12.0. The number of aromatic nitrogens is 2. The van der Waals surface area contributed by atoms with E-state index < -0.39 is 0 Å². The number of carbonyl (C=O) groups excluding carboxylic acids is 1. The molecule has 2 N–H and O–H groups in total. The van der Waals surface area contributed by atoms with Crippen LogP contribution in [0.2, 0.25) is 0 Å². The van der Waals surface area contributed by atoms with E-state index in [4.69, 9.17) is 10.5 Å². The third kappa shape index (κ3) is 3.60. The number of pyridine rings is 1. The molecule has 0 fully saturated rings. The Labute approximate surface area is 118 Å². The van der Waals surface area contributed by atoms with Crippen molar-refractivity contribution in [3.05, 3.63) is 48.0 Å². The van der Waals surface area contributed by atoms with Crippen LogP contribution in [0, 0.1) is 0 Å². The van der Waals surface area contributed by atoms with Crippen molar-refractivity contribution in [2.45, 2.75) is 26.3 Å². The van der Waals surface area contributed by atoms with E-state index in [1.165, 1.54) is 0 Å². The van der Waals surface area contributed by atoms with E-state index in [9.17, 15) is 4.79 Å². The summed E-state index contributed by atoms with van der Waals surface area (Å²) in [5.41, 5.74) is 7.87. The summed E-state index contributed by atoms with van der Waals surface area (Å²) < 4.78 is 7.12. The van der Waals surface area contributed by atoms with Gasteiger partial charge in [-0.05, 0) is 24.1 Å². The smallest absolute Gasteiger partial charge is 0.355 e. The lowest BCUT2D eigenvalue weighted by Gasteiger charge is -2.08. The van der Waals surface area contributed by atoms with Gasteiger partial charge in [0.15, 0.2) is 0 Å². The zero-order chi connectivity index (χ0) is 14.4. The second kappa shape index (κ2) is 6.75. The first-order chi connectivity index (χ1) is 9.70. The monoisotopic (exact) mass is 273 g/mol. The number of ether oxygens (including phenoxy) is 1. The molecule has 0 unspecified atom stereocenters. The molecule has 0 amide bonds. The number of nitrogens with zero attached hydrogens (tertiary/aromatic N) is 2. The number of nitrogens with two attached hydrogens (primary N) is 1. The Morgan fingerprint density at radius 3 is 3.05 bits per heavy atom. The van der Waals surface area contributed by atoms with E-state index in [0.29, 0.717) is 24.4 Å². The van der Waals surface area contributed by atoms with E-state index in [1.54, 1.807) is 24.7 Å². The maximum atomic E-state index is 12.0. The number of esters is 1. The van der Waals surface area contributed by atoms with Crippen LogP contribution in [0.5, 0.6) is 0 Å². The van der Waals surface area contributed by atoms with Gasteiger partial charge in [0, 0.05) is 31.6 Å². The van der Waals surface area contributed by atoms with Gasteiger partial charge >= 0.3 is 5.97 Å². The fourth-order valence-electron chi connectivity index (χ4n) is 2.01. The van der Waals surface area contributed by atoms with Crippen LogP contribution < -0.4 is 5.73 Å². The third-order valence-corrected chi connectivity index (χ3v) is 2.94. The van der Waals surface area contributed by atoms with Crippen molar-refractivity contribution in [2.75, 3.05) is 12.3 Å². The zero-order valence-electron chi connectivity index (χ0n) is 11.6. The van der Waals surface area contributed by atoms with Gasteiger partial charge in [-0.3, -0.25) is 4.98 Å². The van der Waals surface area contributed by atoms with E-state index >= 15 is 0 Å². The van der Waals surface area contributed by atoms with E-state index in [-0.39, 0.29) is 5.97 Å². The van der Waals surface area contributed by atoms with Crippen LogP contribution in [0.3, 0.4) is 0 Å². The zero-order valence-corrected chi connectivity index (χ0v) is 11.6. The van der Waals surface area contributed by atoms with Crippen LogP contribution in [0.1, 0.15) is 29.4 Å². The lowest BCUT2D eigenvalue weighted by Crippen LogP contribution is -2.13. The minimum Gasteiger partial charge on any atom is -0.461 e. The highest BCUT2D eigenvalue weighted by atomic mass is 16.5. The third-order valence-electron chi connectivity index (χ3n) is 2.94. The number of anilines is 1. The second-order valence-electron chi connectivity index (χ2n) is 4.60. The Kier molecular flexibility index (Phi) is 4.76. The predicted molar refractivity (Wildman–Crippen MR) is 77.4 cm³/mol. The molecule has 0 bridgehead atoms. The second-order valence-corrected chi connectivity index (χ2v) is 4.60. The number of hydrogen-bond acceptors (Lipinski definition) is 4. The highest BCUT2D eigenvalue weighted by Gasteiger charge is 2.13. The Balaban J connectivity index is 1.91. The topological polar surface area (TPSA) is 70.1 Å². The van der Waals surface area contributed by atoms with Gasteiger partial charge in [0.2, 0.25) is 0 Å². The quantitative estimate of drug-likeness (QED) is 0.820. The summed E-state index contributed by atoms with van der Waals surface area (Å²) in [5, 5.41) is 0. The molecule has 0 aromatic carbocycles. The SMILES string of the molecule is CCCn1cc(N)cc1C(=O)OCCc1cccnc1. The van der Waals surface area contributed by atoms with Crippen LogP contribution in [0.15, 0.2) is 36.8 Å². The molecule has 106 valence electrons. The fraction of sp³-hybridized carbons (Fsp3) is 0.333. The van der Waals surface area contributed by atoms with Gasteiger partial charge in [-0.15, -0.1) is 0 Å². The van der Waals surface area contributed by atoms with Crippen molar-refractivity contribution in [1.82, 2.24) is 9.55 Å². The lowest BCUT2D eigenvalue weighted by atomic mass is 10.2. The molecule has 5 heteroatoms. The molecule has 2 aromatic rings. The summed E-state index contributed by atoms with van der Waals surface area (Å²) in [6, 6.07) is 5.48. The normalized spacial score (nSPS) is 10.4. The minimum atomic E-state index is -0.334. The summed E-state index contributed by atoms with van der Waals surface area (Å²) in [5.74, 6) is -0.334. The highest BCUT2D eigenvalue weighted by molar-refractivity contribution is 5.89. The van der Waals surface area contributed by atoms with Gasteiger partial charge in [0.25, 0.3) is 0 Å². The Hall–Kier alpha value is -2.30. The Morgan fingerprint density at radius 1 is 1.50 bits per heavy atom. The number of nitrogen functional groups attached to an aromatic ring is 1. The van der Waals surface area contributed by atoms with Gasteiger partial charge in [-0.25, -0.2) is 4.79 Å². The van der Waals surface area contributed by atoms with Gasteiger partial charge in [0.1, 0.15) is 5.69 Å². The van der Waals surface area contributed by atoms with Gasteiger partial charge in [-0.2, -0.15) is 0 Å². The Morgan fingerprint density at radius 2 is 2.35 bits per heavy atom. The van der Waals surface area contributed by atoms with Crippen molar-refractivity contribution in [2.24, 2.45) is 0 Å². The van der Waals surface area contributed by atoms with Crippen molar-refractivity contribution in [3.8, 4) is 0 Å². The first-order valence-corrected chi connectivity index (χ1v) is 6.72. The molecular formula is C15H19N3O2. The van der Waals surface area contributed by atoms with Crippen LogP contribution in [-0.2, 0) is 17.7 Å². The van der Waals surface area contributed by atoms with Gasteiger partial charge < -0.3 is 15.0 Å². The van der Waals surface area contributed by atoms with Crippen molar-refractivity contribution < 1.29 is 9.53 Å². The summed E-state index contributed by atoms with van der Waals surface area (Å²) in [7, 11) is 0. The summed E-state index contributed by atoms with van der Waals surface area (Å²) >= 11 is 0. The van der Waals surface area contributed by atoms with Crippen LogP contribution in [-0.4, -0.2) is 22.1 Å². The Bertz CT molecular complexity index is 564. The minimum absolute atomic E-state index is 0.334. The molecule has 20 heavy (non-hydrogen) atoms. The molecule has 5 nitrogen and oxygen atoms in total. The maximum Gasteiger partial charge on any atom is 0.355 e.